The molecule has 0 saturated carbocycles. The van der Waals surface area contributed by atoms with Gasteiger partial charge in [0.25, 0.3) is 0 Å². The second kappa shape index (κ2) is 6.76. The van der Waals surface area contributed by atoms with Gasteiger partial charge in [-0.1, -0.05) is 11.6 Å². The van der Waals surface area contributed by atoms with Crippen LogP contribution in [0.5, 0.6) is 0 Å². The number of nitriles is 1. The third kappa shape index (κ3) is 3.23. The summed E-state index contributed by atoms with van der Waals surface area (Å²) in [5.74, 6) is 0.0488. The molecule has 1 unspecified atom stereocenters. The lowest BCUT2D eigenvalue weighted by Crippen LogP contribution is -2.25. The topological polar surface area (TPSA) is 52.8 Å². The first-order valence-electron chi connectivity index (χ1n) is 7.16. The summed E-state index contributed by atoms with van der Waals surface area (Å²) in [7, 11) is 0. The summed E-state index contributed by atoms with van der Waals surface area (Å²) in [6.07, 6.45) is 2.46. The van der Waals surface area contributed by atoms with E-state index in [0.717, 1.165) is 25.8 Å². The Morgan fingerprint density at radius 2 is 2.09 bits per heavy atom. The van der Waals surface area contributed by atoms with Crippen molar-refractivity contribution in [1.82, 2.24) is 9.97 Å². The average Bonchev–Trinajstić information content (AvgIpc) is 2.78. The lowest BCUT2D eigenvalue weighted by atomic mass is 10.0. The van der Waals surface area contributed by atoms with E-state index in [1.165, 1.54) is 0 Å². The van der Waals surface area contributed by atoms with Crippen molar-refractivity contribution in [3.05, 3.63) is 26.7 Å². The number of aromatic nitrogens is 2. The van der Waals surface area contributed by atoms with Crippen LogP contribution in [0.1, 0.15) is 19.3 Å². The number of hydrogen-bond acceptors (Lipinski definition) is 4. The molecule has 0 amide bonds. The number of rotatable bonds is 1. The van der Waals surface area contributed by atoms with Crippen LogP contribution in [0.15, 0.2) is 10.5 Å². The normalized spacial score (nSPS) is 18.7. The Kier molecular flexibility index (Phi) is 4.90. The quantitative estimate of drug-likeness (QED) is 0.485. The molecular weight excluding hydrogens is 406 g/mol. The van der Waals surface area contributed by atoms with Crippen LogP contribution in [0.4, 0.5) is 10.2 Å². The number of fused-ring (bicyclic) bond motifs is 1. The van der Waals surface area contributed by atoms with Crippen molar-refractivity contribution in [3.8, 4) is 6.07 Å². The molecule has 0 aliphatic carbocycles. The number of anilines is 1. The molecule has 4 nitrogen and oxygen atoms in total. The van der Waals surface area contributed by atoms with Crippen LogP contribution in [0, 0.1) is 23.1 Å². The second-order valence-corrected chi connectivity index (χ2v) is 6.98. The Balaban J connectivity index is 2.12. The molecule has 23 heavy (non-hydrogen) atoms. The first-order valence-corrected chi connectivity index (χ1v) is 8.71. The summed E-state index contributed by atoms with van der Waals surface area (Å²) in [6, 6.07) is 3.96. The maximum Gasteiger partial charge on any atom is 0.225 e. The zero-order valence-electron chi connectivity index (χ0n) is 12.0. The van der Waals surface area contributed by atoms with Crippen molar-refractivity contribution in [2.75, 3.05) is 18.0 Å². The van der Waals surface area contributed by atoms with Crippen molar-refractivity contribution in [1.29, 1.82) is 5.26 Å². The highest BCUT2D eigenvalue weighted by Gasteiger charge is 2.22. The van der Waals surface area contributed by atoms with Gasteiger partial charge in [0.1, 0.15) is 11.3 Å². The Morgan fingerprint density at radius 3 is 2.83 bits per heavy atom. The molecule has 1 aromatic carbocycles. The van der Waals surface area contributed by atoms with E-state index in [1.807, 2.05) is 4.90 Å². The molecule has 120 valence electrons. The third-order valence-corrected chi connectivity index (χ3v) is 5.46. The van der Waals surface area contributed by atoms with Gasteiger partial charge in [-0.05, 0) is 52.9 Å². The first kappa shape index (κ1) is 16.7. The molecule has 1 fully saturated rings. The van der Waals surface area contributed by atoms with Gasteiger partial charge in [0.15, 0.2) is 5.82 Å². The van der Waals surface area contributed by atoms with Crippen molar-refractivity contribution in [3.63, 3.8) is 0 Å². The van der Waals surface area contributed by atoms with Crippen LogP contribution in [0.3, 0.4) is 0 Å². The molecule has 8 heteroatoms. The minimum Gasteiger partial charge on any atom is -0.356 e. The van der Waals surface area contributed by atoms with Crippen molar-refractivity contribution in [2.45, 2.75) is 19.3 Å². The molecule has 1 saturated heterocycles. The average molecular weight is 418 g/mol. The summed E-state index contributed by atoms with van der Waals surface area (Å²) >= 11 is 15.2. The highest BCUT2D eigenvalue weighted by molar-refractivity contribution is 9.10. The fourth-order valence-corrected chi connectivity index (χ4v) is 3.47. The fraction of sp³-hybridized carbons (Fsp3) is 0.400. The summed E-state index contributed by atoms with van der Waals surface area (Å²) in [6.45, 7) is 1.39. The molecule has 2 aromatic rings. The van der Waals surface area contributed by atoms with Gasteiger partial charge in [-0.3, -0.25) is 0 Å². The number of nitrogens with zero attached hydrogens (tertiary/aromatic N) is 4. The predicted octanol–water partition coefficient (Wildman–Crippen LogP) is 4.97. The van der Waals surface area contributed by atoms with Crippen LogP contribution in [0.2, 0.25) is 10.3 Å². The van der Waals surface area contributed by atoms with E-state index < -0.39 is 5.82 Å². The Labute approximate surface area is 151 Å². The molecule has 3 rings (SSSR count). The summed E-state index contributed by atoms with van der Waals surface area (Å²) in [4.78, 5) is 10.3. The summed E-state index contributed by atoms with van der Waals surface area (Å²) in [5.41, 5.74) is 0.136. The van der Waals surface area contributed by atoms with Crippen LogP contribution in [0.25, 0.3) is 10.9 Å². The SMILES string of the molecule is N#CC1CCCN(c2nc(Cl)nc3c(F)c(Br)c(Cl)cc23)CC1. The molecule has 1 aliphatic rings. The van der Waals surface area contributed by atoms with Gasteiger partial charge in [0.2, 0.25) is 5.28 Å². The lowest BCUT2D eigenvalue weighted by Gasteiger charge is -2.23. The monoisotopic (exact) mass is 416 g/mol. The predicted molar refractivity (Wildman–Crippen MR) is 92.4 cm³/mol. The Morgan fingerprint density at radius 1 is 1.30 bits per heavy atom. The number of benzene rings is 1. The van der Waals surface area contributed by atoms with Gasteiger partial charge in [-0.2, -0.15) is 10.2 Å². The Hall–Kier alpha value is -1.16. The number of hydrogen-bond donors (Lipinski definition) is 0. The highest BCUT2D eigenvalue weighted by atomic mass is 79.9. The van der Waals surface area contributed by atoms with E-state index in [9.17, 15) is 4.39 Å². The lowest BCUT2D eigenvalue weighted by molar-refractivity contribution is 0.590. The van der Waals surface area contributed by atoms with Gasteiger partial charge in [0, 0.05) is 24.4 Å². The highest BCUT2D eigenvalue weighted by Crippen LogP contribution is 2.36. The van der Waals surface area contributed by atoms with E-state index in [4.69, 9.17) is 28.5 Å². The van der Waals surface area contributed by atoms with E-state index in [2.05, 4.69) is 32.0 Å². The van der Waals surface area contributed by atoms with Crippen LogP contribution in [-0.4, -0.2) is 23.1 Å². The van der Waals surface area contributed by atoms with E-state index in [-0.39, 0.29) is 26.2 Å². The maximum absolute atomic E-state index is 14.4. The van der Waals surface area contributed by atoms with Crippen molar-refractivity contribution >= 4 is 55.9 Å². The number of halogens is 4. The largest absolute Gasteiger partial charge is 0.356 e. The van der Waals surface area contributed by atoms with Gasteiger partial charge in [-0.15, -0.1) is 0 Å². The molecular formula is C15H12BrCl2FN4. The minimum atomic E-state index is -0.553. The minimum absolute atomic E-state index is 0.0123. The molecule has 0 N–H and O–H groups in total. The maximum atomic E-state index is 14.4. The molecule has 1 atom stereocenters. The molecule has 0 spiro atoms. The van der Waals surface area contributed by atoms with Gasteiger partial charge < -0.3 is 4.90 Å². The van der Waals surface area contributed by atoms with E-state index in [1.54, 1.807) is 6.07 Å². The van der Waals surface area contributed by atoms with Crippen molar-refractivity contribution in [2.24, 2.45) is 5.92 Å². The standard InChI is InChI=1S/C15H12BrCl2FN4/c16-11-10(17)6-9-13(12(11)19)21-15(18)22-14(9)23-4-1-2-8(7-20)3-5-23/h6,8H,1-5H2. The Bertz CT molecular complexity index is 808. The van der Waals surface area contributed by atoms with Crippen LogP contribution >= 0.6 is 39.1 Å². The van der Waals surface area contributed by atoms with Crippen LogP contribution in [-0.2, 0) is 0 Å². The van der Waals surface area contributed by atoms with Gasteiger partial charge >= 0.3 is 0 Å². The summed E-state index contributed by atoms with van der Waals surface area (Å²) in [5, 5.41) is 9.87. The third-order valence-electron chi connectivity index (χ3n) is 3.99. The smallest absolute Gasteiger partial charge is 0.225 e. The fourth-order valence-electron chi connectivity index (χ4n) is 2.81. The van der Waals surface area contributed by atoms with E-state index >= 15 is 0 Å². The zero-order valence-corrected chi connectivity index (χ0v) is 15.1. The first-order chi connectivity index (χ1) is 11.0. The van der Waals surface area contributed by atoms with Crippen molar-refractivity contribution < 1.29 is 4.39 Å². The molecule has 0 radical (unpaired) electrons. The zero-order chi connectivity index (χ0) is 16.6. The van der Waals surface area contributed by atoms with E-state index in [0.29, 0.717) is 17.7 Å². The molecule has 0 bridgehead atoms. The second-order valence-electron chi connectivity index (χ2n) is 5.44. The molecule has 1 aromatic heterocycles. The van der Waals surface area contributed by atoms with Gasteiger partial charge in [0.05, 0.1) is 15.6 Å². The summed E-state index contributed by atoms with van der Waals surface area (Å²) < 4.78 is 14.6. The van der Waals surface area contributed by atoms with Crippen LogP contribution < -0.4 is 4.90 Å². The van der Waals surface area contributed by atoms with Gasteiger partial charge in [-0.25, -0.2) is 9.37 Å². The molecule has 1 aliphatic heterocycles. The molecule has 2 heterocycles.